The van der Waals surface area contributed by atoms with Crippen LogP contribution >= 0.6 is 0 Å². The average molecular weight is 570 g/mol. The smallest absolute Gasteiger partial charge is 0.408 e. The van der Waals surface area contributed by atoms with Crippen LogP contribution in [0.1, 0.15) is 65.0 Å². The van der Waals surface area contributed by atoms with Gasteiger partial charge in [-0.15, -0.1) is 0 Å². The first kappa shape index (κ1) is 33.3. The Morgan fingerprint density at radius 3 is 1.78 bits per heavy atom. The van der Waals surface area contributed by atoms with Crippen molar-refractivity contribution in [2.45, 2.75) is 90.8 Å². The van der Waals surface area contributed by atoms with E-state index in [2.05, 4.69) is 10.6 Å². The summed E-state index contributed by atoms with van der Waals surface area (Å²) in [6.45, 7) is 8.84. The molecule has 0 radical (unpaired) electrons. The highest BCUT2D eigenvalue weighted by atomic mass is 16.6. The summed E-state index contributed by atoms with van der Waals surface area (Å²) in [4.78, 5) is 51.0. The Labute approximate surface area is 242 Å². The minimum Gasteiger partial charge on any atom is -0.460 e. The number of nitrogens with two attached hydrogens (primary N) is 1. The molecule has 0 aromatic heterocycles. The van der Waals surface area contributed by atoms with Crippen molar-refractivity contribution in [1.29, 1.82) is 0 Å². The maximum atomic E-state index is 13.2. The van der Waals surface area contributed by atoms with Gasteiger partial charge in [0.2, 0.25) is 5.91 Å². The number of hydrogen-bond donors (Lipinski definition) is 3. The van der Waals surface area contributed by atoms with Gasteiger partial charge in [0.25, 0.3) is 0 Å². The first-order valence-corrected chi connectivity index (χ1v) is 13.8. The summed E-state index contributed by atoms with van der Waals surface area (Å²) in [6.07, 6.45) is -0.0141. The van der Waals surface area contributed by atoms with Gasteiger partial charge in [-0.25, -0.2) is 9.59 Å². The summed E-state index contributed by atoms with van der Waals surface area (Å²) in [7, 11) is 0. The van der Waals surface area contributed by atoms with Gasteiger partial charge in [0.15, 0.2) is 0 Å². The van der Waals surface area contributed by atoms with E-state index in [1.54, 1.807) is 34.6 Å². The first-order valence-electron chi connectivity index (χ1n) is 13.8. The number of rotatable bonds is 14. The molecule has 3 atom stereocenters. The van der Waals surface area contributed by atoms with Crippen LogP contribution in [0.25, 0.3) is 0 Å². The van der Waals surface area contributed by atoms with E-state index in [0.29, 0.717) is 6.42 Å². The fourth-order valence-electron chi connectivity index (χ4n) is 3.80. The van der Waals surface area contributed by atoms with Gasteiger partial charge in [0.1, 0.15) is 36.9 Å². The Balaban J connectivity index is 2.01. The zero-order chi connectivity index (χ0) is 30.4. The van der Waals surface area contributed by atoms with Crippen molar-refractivity contribution >= 4 is 23.9 Å². The minimum absolute atomic E-state index is 0.0289. The number of amides is 2. The third kappa shape index (κ3) is 12.9. The average Bonchev–Trinajstić information content (AvgIpc) is 2.92. The summed E-state index contributed by atoms with van der Waals surface area (Å²) in [5.41, 5.74) is 6.93. The predicted molar refractivity (Wildman–Crippen MR) is 154 cm³/mol. The van der Waals surface area contributed by atoms with Gasteiger partial charge in [-0.1, -0.05) is 74.5 Å². The van der Waals surface area contributed by atoms with Gasteiger partial charge in [-0.2, -0.15) is 0 Å². The molecule has 2 aromatic carbocycles. The van der Waals surface area contributed by atoms with Gasteiger partial charge < -0.3 is 30.6 Å². The van der Waals surface area contributed by atoms with Crippen LogP contribution in [0, 0.1) is 5.92 Å². The number of carbonyl (C=O) groups is 4. The molecule has 10 heteroatoms. The third-order valence-corrected chi connectivity index (χ3v) is 5.98. The highest BCUT2D eigenvalue weighted by Crippen LogP contribution is 2.12. The van der Waals surface area contributed by atoms with Crippen LogP contribution < -0.4 is 16.4 Å². The molecule has 2 amide bonds. The van der Waals surface area contributed by atoms with Gasteiger partial charge >= 0.3 is 18.0 Å². The molecule has 10 nitrogen and oxygen atoms in total. The van der Waals surface area contributed by atoms with Crippen LogP contribution in [-0.4, -0.2) is 47.7 Å². The molecule has 0 aliphatic carbocycles. The number of carbonyl (C=O) groups excluding carboxylic acids is 4. The lowest BCUT2D eigenvalue weighted by atomic mass is 10.0. The van der Waals surface area contributed by atoms with Gasteiger partial charge in [0, 0.05) is 0 Å². The predicted octanol–water partition coefficient (Wildman–Crippen LogP) is 4.00. The summed E-state index contributed by atoms with van der Waals surface area (Å²) in [5.74, 6) is -2.04. The monoisotopic (exact) mass is 569 g/mol. The Hall–Kier alpha value is -3.92. The van der Waals surface area contributed by atoms with E-state index in [9.17, 15) is 19.2 Å². The fraction of sp³-hybridized carbons (Fsp3) is 0.484. The van der Waals surface area contributed by atoms with Crippen LogP contribution in [0.2, 0.25) is 0 Å². The Bertz CT molecular complexity index is 1120. The highest BCUT2D eigenvalue weighted by Gasteiger charge is 2.31. The molecule has 224 valence electrons. The molecule has 0 saturated heterocycles. The molecule has 0 spiro atoms. The number of nitrogens with one attached hydrogen (secondary N) is 2. The van der Waals surface area contributed by atoms with E-state index >= 15 is 0 Å². The second kappa shape index (κ2) is 16.4. The van der Waals surface area contributed by atoms with Crippen LogP contribution in [-0.2, 0) is 41.8 Å². The molecule has 2 aromatic rings. The molecule has 0 heterocycles. The van der Waals surface area contributed by atoms with Crippen molar-refractivity contribution in [3.05, 3.63) is 71.8 Å². The van der Waals surface area contributed by atoms with E-state index in [4.69, 9.17) is 19.9 Å². The maximum absolute atomic E-state index is 13.2. The van der Waals surface area contributed by atoms with Crippen LogP contribution in [0.15, 0.2) is 60.7 Å². The lowest BCUT2D eigenvalue weighted by Gasteiger charge is -2.27. The van der Waals surface area contributed by atoms with E-state index in [-0.39, 0.29) is 32.0 Å². The van der Waals surface area contributed by atoms with Crippen LogP contribution in [0.4, 0.5) is 4.79 Å². The molecule has 0 fully saturated rings. The summed E-state index contributed by atoms with van der Waals surface area (Å²) >= 11 is 0. The summed E-state index contributed by atoms with van der Waals surface area (Å²) in [5, 5.41) is 5.30. The lowest BCUT2D eigenvalue weighted by molar-refractivity contribution is -0.149. The van der Waals surface area contributed by atoms with Crippen molar-refractivity contribution in [2.24, 2.45) is 11.7 Å². The number of esters is 2. The molecule has 1 unspecified atom stereocenters. The SMILES string of the molecule is CC(C)[C@H](NC(=O)OC(C)(C)C)C(=O)N[C@@H](CCCC(N)C(=O)OCc1ccccc1)C(=O)OCc1ccccc1. The Morgan fingerprint density at radius 2 is 1.29 bits per heavy atom. The maximum Gasteiger partial charge on any atom is 0.408 e. The topological polar surface area (TPSA) is 146 Å². The van der Waals surface area contributed by atoms with E-state index in [1.165, 1.54) is 0 Å². The normalized spacial score (nSPS) is 13.4. The van der Waals surface area contributed by atoms with E-state index < -0.39 is 47.7 Å². The Kier molecular flexibility index (Phi) is 13.3. The molecular formula is C31H43N3O7. The van der Waals surface area contributed by atoms with Gasteiger partial charge in [-0.05, 0) is 57.1 Å². The second-order valence-corrected chi connectivity index (χ2v) is 11.2. The van der Waals surface area contributed by atoms with Crippen LogP contribution in [0.5, 0.6) is 0 Å². The molecule has 0 aliphatic heterocycles. The van der Waals surface area contributed by atoms with Crippen molar-refractivity contribution in [2.75, 3.05) is 0 Å². The van der Waals surface area contributed by atoms with Crippen molar-refractivity contribution in [3.63, 3.8) is 0 Å². The summed E-state index contributed by atoms with van der Waals surface area (Å²) in [6, 6.07) is 15.5. The zero-order valence-corrected chi connectivity index (χ0v) is 24.6. The van der Waals surface area contributed by atoms with Crippen molar-refractivity contribution in [1.82, 2.24) is 10.6 Å². The standard InChI is InChI=1S/C31H43N3O7/c1-21(2)26(34-30(38)41-31(3,4)5)27(35)33-25(29(37)40-20-23-15-10-7-11-16-23)18-12-17-24(32)28(36)39-19-22-13-8-6-9-14-22/h6-11,13-16,21,24-26H,12,17-20,32H2,1-5H3,(H,33,35)(H,34,38)/t24?,25-,26-/m0/s1. The molecule has 0 saturated carbocycles. The second-order valence-electron chi connectivity index (χ2n) is 11.2. The van der Waals surface area contributed by atoms with E-state index in [0.717, 1.165) is 11.1 Å². The molecule has 2 rings (SSSR count). The number of ether oxygens (including phenoxy) is 3. The number of benzene rings is 2. The van der Waals surface area contributed by atoms with Crippen LogP contribution in [0.3, 0.4) is 0 Å². The molecule has 0 aliphatic rings. The van der Waals surface area contributed by atoms with Gasteiger partial charge in [-0.3, -0.25) is 9.59 Å². The lowest BCUT2D eigenvalue weighted by Crippen LogP contribution is -2.54. The number of alkyl carbamates (subject to hydrolysis) is 1. The van der Waals surface area contributed by atoms with E-state index in [1.807, 2.05) is 60.7 Å². The Morgan fingerprint density at radius 1 is 0.780 bits per heavy atom. The number of hydrogen-bond acceptors (Lipinski definition) is 8. The molecular weight excluding hydrogens is 526 g/mol. The summed E-state index contributed by atoms with van der Waals surface area (Å²) < 4.78 is 16.1. The zero-order valence-electron chi connectivity index (χ0n) is 24.6. The van der Waals surface area contributed by atoms with Gasteiger partial charge in [0.05, 0.1) is 0 Å². The third-order valence-electron chi connectivity index (χ3n) is 5.98. The molecule has 4 N–H and O–H groups in total. The molecule has 0 bridgehead atoms. The first-order chi connectivity index (χ1) is 19.4. The fourth-order valence-corrected chi connectivity index (χ4v) is 3.80. The van der Waals surface area contributed by atoms with Crippen molar-refractivity contribution < 1.29 is 33.4 Å². The largest absolute Gasteiger partial charge is 0.460 e. The minimum atomic E-state index is -1.03. The quantitative estimate of drug-likeness (QED) is 0.229. The molecule has 41 heavy (non-hydrogen) atoms. The van der Waals surface area contributed by atoms with Crippen molar-refractivity contribution in [3.8, 4) is 0 Å². The highest BCUT2D eigenvalue weighted by molar-refractivity contribution is 5.89.